The lowest BCUT2D eigenvalue weighted by molar-refractivity contribution is -0.137. The lowest BCUT2D eigenvalue weighted by Crippen LogP contribution is -2.48. The molecule has 0 bridgehead atoms. The first-order valence-corrected chi connectivity index (χ1v) is 12.1. The molecule has 7 heteroatoms. The van der Waals surface area contributed by atoms with Gasteiger partial charge in [-0.05, 0) is 45.4 Å². The molecule has 1 fully saturated rings. The van der Waals surface area contributed by atoms with Crippen LogP contribution in [0.5, 0.6) is 0 Å². The van der Waals surface area contributed by atoms with Gasteiger partial charge in [0.15, 0.2) is 0 Å². The highest BCUT2D eigenvalue weighted by Gasteiger charge is 2.64. The quantitative estimate of drug-likeness (QED) is 0.490. The van der Waals surface area contributed by atoms with Crippen LogP contribution in [0.15, 0.2) is 48.5 Å². The molecule has 2 aromatic carbocycles. The highest BCUT2D eigenvalue weighted by Crippen LogP contribution is 2.67. The van der Waals surface area contributed by atoms with Gasteiger partial charge in [0.1, 0.15) is 12.6 Å². The van der Waals surface area contributed by atoms with Crippen LogP contribution in [0.25, 0.3) is 11.1 Å². The topological polar surface area (TPSA) is 105 Å². The van der Waals surface area contributed by atoms with Gasteiger partial charge in [-0.2, -0.15) is 0 Å². The van der Waals surface area contributed by atoms with Crippen molar-refractivity contribution in [1.82, 2.24) is 10.6 Å². The highest BCUT2D eigenvalue weighted by atomic mass is 16.5. The minimum atomic E-state index is -1.03. The second-order valence-corrected chi connectivity index (χ2v) is 10.7. The van der Waals surface area contributed by atoms with Crippen molar-refractivity contribution in [3.05, 3.63) is 59.7 Å². The first-order chi connectivity index (χ1) is 16.5. The number of hydrogen-bond donors (Lipinski definition) is 3. The summed E-state index contributed by atoms with van der Waals surface area (Å²) in [7, 11) is 0. The molecule has 0 spiro atoms. The summed E-state index contributed by atoms with van der Waals surface area (Å²) in [5, 5.41) is 14.6. The number of fused-ring (bicyclic) bond motifs is 3. The molecule has 1 saturated carbocycles. The smallest absolute Gasteiger partial charge is 0.407 e. The van der Waals surface area contributed by atoms with Gasteiger partial charge >= 0.3 is 12.1 Å². The molecule has 35 heavy (non-hydrogen) atoms. The summed E-state index contributed by atoms with van der Waals surface area (Å²) in [6.07, 6.45) is -0.977. The van der Waals surface area contributed by atoms with E-state index in [1.54, 1.807) is 0 Å². The maximum absolute atomic E-state index is 12.9. The Kier molecular flexibility index (Phi) is 6.62. The van der Waals surface area contributed by atoms with E-state index in [1.807, 2.05) is 36.4 Å². The van der Waals surface area contributed by atoms with Crippen LogP contribution in [0, 0.1) is 16.7 Å². The van der Waals surface area contributed by atoms with Crippen molar-refractivity contribution in [2.75, 3.05) is 13.2 Å². The van der Waals surface area contributed by atoms with Crippen LogP contribution in [0.1, 0.15) is 57.6 Å². The fraction of sp³-hybridized carbons (Fsp3) is 0.464. The molecule has 1 atom stereocenters. The summed E-state index contributed by atoms with van der Waals surface area (Å²) in [5.74, 6) is -1.20. The molecule has 4 rings (SSSR count). The zero-order valence-electron chi connectivity index (χ0n) is 20.8. The second-order valence-electron chi connectivity index (χ2n) is 10.7. The SMILES string of the molecule is CC1(C)C(CNC(=O)C(CCC(=O)O)NC(=O)OCC2c3ccccc3-c3ccccc32)C1(C)C. The van der Waals surface area contributed by atoms with E-state index < -0.39 is 24.0 Å². The van der Waals surface area contributed by atoms with Crippen LogP contribution in [-0.2, 0) is 14.3 Å². The molecule has 0 saturated heterocycles. The summed E-state index contributed by atoms with van der Waals surface area (Å²) < 4.78 is 5.55. The summed E-state index contributed by atoms with van der Waals surface area (Å²) in [5.41, 5.74) is 4.66. The number of aliphatic carboxylic acids is 1. The molecule has 0 heterocycles. The summed E-state index contributed by atoms with van der Waals surface area (Å²) in [4.78, 5) is 36.7. The van der Waals surface area contributed by atoms with E-state index in [-0.39, 0.29) is 36.2 Å². The van der Waals surface area contributed by atoms with E-state index in [1.165, 1.54) is 0 Å². The van der Waals surface area contributed by atoms with Crippen LogP contribution in [0.3, 0.4) is 0 Å². The summed E-state index contributed by atoms with van der Waals surface area (Å²) >= 11 is 0. The number of carbonyl (C=O) groups is 3. The first kappa shape index (κ1) is 24.8. The van der Waals surface area contributed by atoms with Crippen LogP contribution in [0.2, 0.25) is 0 Å². The van der Waals surface area contributed by atoms with Crippen molar-refractivity contribution in [1.29, 1.82) is 0 Å². The fourth-order valence-electron chi connectivity index (χ4n) is 5.49. The Hall–Kier alpha value is -3.35. The number of alkyl carbamates (subject to hydrolysis) is 1. The first-order valence-electron chi connectivity index (χ1n) is 12.1. The van der Waals surface area contributed by atoms with Crippen molar-refractivity contribution in [3.8, 4) is 11.1 Å². The lowest BCUT2D eigenvalue weighted by atomic mass is 9.98. The third-order valence-electron chi connectivity index (χ3n) is 8.40. The average molecular weight is 479 g/mol. The number of carboxylic acids is 1. The van der Waals surface area contributed by atoms with Gasteiger partial charge < -0.3 is 20.5 Å². The normalized spacial score (nSPS) is 18.2. The maximum Gasteiger partial charge on any atom is 0.407 e. The van der Waals surface area contributed by atoms with Gasteiger partial charge in [-0.25, -0.2) is 4.79 Å². The average Bonchev–Trinajstić information content (AvgIpc) is 3.06. The largest absolute Gasteiger partial charge is 0.481 e. The minimum absolute atomic E-state index is 0.0111. The Morgan fingerprint density at radius 2 is 1.49 bits per heavy atom. The van der Waals surface area contributed by atoms with E-state index in [4.69, 9.17) is 9.84 Å². The minimum Gasteiger partial charge on any atom is -0.481 e. The molecule has 186 valence electrons. The predicted molar refractivity (Wildman–Crippen MR) is 133 cm³/mol. The number of nitrogens with one attached hydrogen (secondary N) is 2. The third-order valence-corrected chi connectivity index (χ3v) is 8.40. The van der Waals surface area contributed by atoms with Crippen molar-refractivity contribution >= 4 is 18.0 Å². The van der Waals surface area contributed by atoms with Gasteiger partial charge in [0, 0.05) is 18.9 Å². The second kappa shape index (κ2) is 9.36. The third kappa shape index (κ3) is 4.77. The molecular weight excluding hydrogens is 444 g/mol. The Morgan fingerprint density at radius 1 is 0.943 bits per heavy atom. The number of hydrogen-bond acceptors (Lipinski definition) is 4. The number of carboxylic acid groups (broad SMARTS) is 1. The zero-order valence-corrected chi connectivity index (χ0v) is 20.8. The van der Waals surface area contributed by atoms with Gasteiger partial charge in [0.25, 0.3) is 0 Å². The number of amides is 2. The Morgan fingerprint density at radius 3 is 2.00 bits per heavy atom. The molecule has 2 amide bonds. The molecular formula is C28H34N2O5. The van der Waals surface area contributed by atoms with Gasteiger partial charge in [-0.1, -0.05) is 76.2 Å². The molecule has 2 aliphatic rings. The molecule has 0 aliphatic heterocycles. The molecule has 1 unspecified atom stereocenters. The maximum atomic E-state index is 12.9. The van der Waals surface area contributed by atoms with Gasteiger partial charge in [0.05, 0.1) is 0 Å². The number of rotatable bonds is 9. The van der Waals surface area contributed by atoms with Crippen LogP contribution >= 0.6 is 0 Å². The van der Waals surface area contributed by atoms with Crippen molar-refractivity contribution in [3.63, 3.8) is 0 Å². The van der Waals surface area contributed by atoms with Gasteiger partial charge in [-0.3, -0.25) is 9.59 Å². The molecule has 0 aromatic heterocycles. The lowest BCUT2D eigenvalue weighted by Gasteiger charge is -2.19. The van der Waals surface area contributed by atoms with Gasteiger partial charge in [-0.15, -0.1) is 0 Å². The van der Waals surface area contributed by atoms with Crippen LogP contribution in [-0.4, -0.2) is 42.3 Å². The Labute approximate surface area is 206 Å². The fourth-order valence-corrected chi connectivity index (χ4v) is 5.49. The summed E-state index contributed by atoms with van der Waals surface area (Å²) in [6.45, 7) is 9.27. The predicted octanol–water partition coefficient (Wildman–Crippen LogP) is 4.56. The van der Waals surface area contributed by atoms with Gasteiger partial charge in [0.2, 0.25) is 5.91 Å². The van der Waals surface area contributed by atoms with E-state index in [2.05, 4.69) is 50.5 Å². The monoisotopic (exact) mass is 478 g/mol. The van der Waals surface area contributed by atoms with E-state index in [0.29, 0.717) is 12.5 Å². The van der Waals surface area contributed by atoms with E-state index >= 15 is 0 Å². The molecule has 2 aliphatic carbocycles. The number of benzene rings is 2. The number of ether oxygens (including phenoxy) is 1. The van der Waals surface area contributed by atoms with E-state index in [9.17, 15) is 14.4 Å². The molecule has 2 aromatic rings. The van der Waals surface area contributed by atoms with Crippen molar-refractivity contribution in [2.24, 2.45) is 16.7 Å². The van der Waals surface area contributed by atoms with Crippen LogP contribution in [0.4, 0.5) is 4.79 Å². The molecule has 3 N–H and O–H groups in total. The van der Waals surface area contributed by atoms with Crippen molar-refractivity contribution in [2.45, 2.75) is 52.5 Å². The van der Waals surface area contributed by atoms with Crippen molar-refractivity contribution < 1.29 is 24.2 Å². The Balaban J connectivity index is 1.37. The van der Waals surface area contributed by atoms with E-state index in [0.717, 1.165) is 22.3 Å². The summed E-state index contributed by atoms with van der Waals surface area (Å²) in [6, 6.07) is 15.1. The molecule has 7 nitrogen and oxygen atoms in total. The Bertz CT molecular complexity index is 1080. The standard InChI is InChI=1S/C28H34N2O5/c1-27(2)23(28(27,3)4)15-29-25(33)22(13-14-24(31)32)30-26(34)35-16-21-19-11-7-5-9-17(19)18-10-6-8-12-20(18)21/h5-12,21-23H,13-16H2,1-4H3,(H,29,33)(H,30,34)(H,31,32). The molecule has 0 radical (unpaired) electrons. The number of carbonyl (C=O) groups excluding carboxylic acids is 2. The highest BCUT2D eigenvalue weighted by molar-refractivity contribution is 5.86. The van der Waals surface area contributed by atoms with Crippen LogP contribution < -0.4 is 10.6 Å². The zero-order chi connectivity index (χ0) is 25.4.